The van der Waals surface area contributed by atoms with Gasteiger partial charge in [0.25, 0.3) is 0 Å². The quantitative estimate of drug-likeness (QED) is 0.831. The molecule has 0 aliphatic carbocycles. The SMILES string of the molecule is O=C(NCc1ccccc1F)[C@@H]1CC(=O)N(Cc2cccc(Br)c2)C1. The van der Waals surface area contributed by atoms with Gasteiger partial charge in [-0.05, 0) is 23.8 Å². The number of hydrogen-bond acceptors (Lipinski definition) is 2. The number of halogens is 2. The monoisotopic (exact) mass is 404 g/mol. The maximum Gasteiger partial charge on any atom is 0.225 e. The van der Waals surface area contributed by atoms with Gasteiger partial charge in [0.15, 0.2) is 0 Å². The molecule has 2 amide bonds. The first-order chi connectivity index (χ1) is 12.0. The molecular formula is C19H18BrFN2O2. The van der Waals surface area contributed by atoms with Crippen LogP contribution in [-0.2, 0) is 22.7 Å². The van der Waals surface area contributed by atoms with Crippen LogP contribution in [0.4, 0.5) is 4.39 Å². The Balaban J connectivity index is 1.56. The summed E-state index contributed by atoms with van der Waals surface area (Å²) < 4.78 is 14.6. The Morgan fingerprint density at radius 2 is 2.04 bits per heavy atom. The Hall–Kier alpha value is -2.21. The predicted octanol–water partition coefficient (Wildman–Crippen LogP) is 3.25. The average molecular weight is 405 g/mol. The average Bonchev–Trinajstić information content (AvgIpc) is 2.95. The number of carbonyl (C=O) groups is 2. The van der Waals surface area contributed by atoms with E-state index in [1.165, 1.54) is 6.07 Å². The maximum atomic E-state index is 13.6. The molecule has 1 N–H and O–H groups in total. The molecular weight excluding hydrogens is 387 g/mol. The normalized spacial score (nSPS) is 17.0. The van der Waals surface area contributed by atoms with Crippen LogP contribution in [-0.4, -0.2) is 23.3 Å². The van der Waals surface area contributed by atoms with Crippen LogP contribution in [0.3, 0.4) is 0 Å². The lowest BCUT2D eigenvalue weighted by Crippen LogP contribution is -2.32. The number of hydrogen-bond donors (Lipinski definition) is 1. The Kier molecular flexibility index (Phi) is 5.48. The number of carbonyl (C=O) groups excluding carboxylic acids is 2. The van der Waals surface area contributed by atoms with Crippen LogP contribution in [0, 0.1) is 11.7 Å². The number of likely N-dealkylation sites (tertiary alicyclic amines) is 1. The predicted molar refractivity (Wildman–Crippen MR) is 95.9 cm³/mol. The van der Waals surface area contributed by atoms with Crippen molar-refractivity contribution < 1.29 is 14.0 Å². The van der Waals surface area contributed by atoms with Crippen molar-refractivity contribution >= 4 is 27.7 Å². The second-order valence-corrected chi connectivity index (χ2v) is 7.03. The van der Waals surface area contributed by atoms with Gasteiger partial charge in [-0.1, -0.05) is 46.3 Å². The van der Waals surface area contributed by atoms with Gasteiger partial charge in [-0.15, -0.1) is 0 Å². The molecule has 0 radical (unpaired) electrons. The highest BCUT2D eigenvalue weighted by molar-refractivity contribution is 9.10. The minimum Gasteiger partial charge on any atom is -0.352 e. The molecule has 25 heavy (non-hydrogen) atoms. The second kappa shape index (κ2) is 7.78. The molecule has 2 aromatic rings. The maximum absolute atomic E-state index is 13.6. The van der Waals surface area contributed by atoms with Crippen LogP contribution in [0.15, 0.2) is 53.0 Å². The second-order valence-electron chi connectivity index (χ2n) is 6.11. The summed E-state index contributed by atoms with van der Waals surface area (Å²) in [6, 6.07) is 14.1. The standard InChI is InChI=1S/C19H18BrFN2O2/c20-16-6-3-4-13(8-16)11-23-12-15(9-18(23)24)19(25)22-10-14-5-1-2-7-17(14)21/h1-8,15H,9-12H2,(H,22,25)/t15-/m1/s1. The fraction of sp³-hybridized carbons (Fsp3) is 0.263. The minimum absolute atomic E-state index is 0.0361. The first-order valence-corrected chi connectivity index (χ1v) is 8.85. The number of nitrogens with one attached hydrogen (secondary N) is 1. The third kappa shape index (κ3) is 4.45. The van der Waals surface area contributed by atoms with Gasteiger partial charge in [-0.2, -0.15) is 0 Å². The first-order valence-electron chi connectivity index (χ1n) is 8.06. The van der Waals surface area contributed by atoms with Gasteiger partial charge >= 0.3 is 0 Å². The smallest absolute Gasteiger partial charge is 0.225 e. The molecule has 130 valence electrons. The zero-order valence-electron chi connectivity index (χ0n) is 13.5. The van der Waals surface area contributed by atoms with Gasteiger partial charge in [0.05, 0.1) is 5.92 Å². The van der Waals surface area contributed by atoms with Crippen molar-refractivity contribution in [2.24, 2.45) is 5.92 Å². The van der Waals surface area contributed by atoms with Crippen molar-refractivity contribution in [2.75, 3.05) is 6.54 Å². The summed E-state index contributed by atoms with van der Waals surface area (Å²) >= 11 is 3.41. The van der Waals surface area contributed by atoms with Crippen molar-refractivity contribution in [3.63, 3.8) is 0 Å². The summed E-state index contributed by atoms with van der Waals surface area (Å²) in [5.74, 6) is -0.993. The molecule has 1 aliphatic rings. The zero-order valence-corrected chi connectivity index (χ0v) is 15.1. The molecule has 2 aromatic carbocycles. The van der Waals surface area contributed by atoms with Gasteiger partial charge < -0.3 is 10.2 Å². The summed E-state index contributed by atoms with van der Waals surface area (Å²) in [6.07, 6.45) is 0.192. The summed E-state index contributed by atoms with van der Waals surface area (Å²) in [5.41, 5.74) is 1.45. The van der Waals surface area contributed by atoms with Crippen LogP contribution >= 0.6 is 15.9 Å². The lowest BCUT2D eigenvalue weighted by Gasteiger charge is -2.17. The van der Waals surface area contributed by atoms with Gasteiger partial charge in [-0.3, -0.25) is 9.59 Å². The van der Waals surface area contributed by atoms with Crippen LogP contribution < -0.4 is 5.32 Å². The van der Waals surface area contributed by atoms with E-state index in [-0.39, 0.29) is 30.6 Å². The Labute approximate surface area is 154 Å². The minimum atomic E-state index is -0.397. The molecule has 1 fully saturated rings. The Bertz CT molecular complexity index is 796. The van der Waals surface area contributed by atoms with E-state index in [0.29, 0.717) is 18.7 Å². The van der Waals surface area contributed by atoms with Crippen molar-refractivity contribution in [3.8, 4) is 0 Å². The van der Waals surface area contributed by atoms with E-state index in [4.69, 9.17) is 0 Å². The number of benzene rings is 2. The molecule has 4 nitrogen and oxygen atoms in total. The summed E-state index contributed by atoms with van der Waals surface area (Å²) in [4.78, 5) is 26.2. The van der Waals surface area contributed by atoms with Crippen LogP contribution in [0.2, 0.25) is 0 Å². The summed E-state index contributed by atoms with van der Waals surface area (Å²) in [6.45, 7) is 0.992. The lowest BCUT2D eigenvalue weighted by atomic mass is 10.1. The molecule has 1 atom stereocenters. The molecule has 3 rings (SSSR count). The molecule has 0 unspecified atom stereocenters. The third-order valence-corrected chi connectivity index (χ3v) is 4.75. The summed E-state index contributed by atoms with van der Waals surface area (Å²) in [5, 5.41) is 2.73. The largest absolute Gasteiger partial charge is 0.352 e. The van der Waals surface area contributed by atoms with E-state index in [2.05, 4.69) is 21.2 Å². The van der Waals surface area contributed by atoms with E-state index in [0.717, 1.165) is 10.0 Å². The number of nitrogens with zero attached hydrogens (tertiary/aromatic N) is 1. The highest BCUT2D eigenvalue weighted by Gasteiger charge is 2.34. The third-order valence-electron chi connectivity index (χ3n) is 4.26. The molecule has 1 saturated heterocycles. The lowest BCUT2D eigenvalue weighted by molar-refractivity contribution is -0.129. The fourth-order valence-corrected chi connectivity index (χ4v) is 3.37. The van der Waals surface area contributed by atoms with Gasteiger partial charge in [-0.25, -0.2) is 4.39 Å². The van der Waals surface area contributed by atoms with Crippen molar-refractivity contribution in [1.82, 2.24) is 10.2 Å². The number of amides is 2. The van der Waals surface area contributed by atoms with E-state index >= 15 is 0 Å². The van der Waals surface area contributed by atoms with Gasteiger partial charge in [0.1, 0.15) is 5.82 Å². The van der Waals surface area contributed by atoms with Crippen molar-refractivity contribution in [3.05, 3.63) is 69.9 Å². The van der Waals surface area contributed by atoms with E-state index in [1.54, 1.807) is 23.1 Å². The highest BCUT2D eigenvalue weighted by Crippen LogP contribution is 2.22. The topological polar surface area (TPSA) is 49.4 Å². The molecule has 0 saturated carbocycles. The van der Waals surface area contributed by atoms with E-state index in [1.807, 2.05) is 24.3 Å². The van der Waals surface area contributed by atoms with Gasteiger partial charge in [0, 0.05) is 36.1 Å². The summed E-state index contributed by atoms with van der Waals surface area (Å²) in [7, 11) is 0. The van der Waals surface area contributed by atoms with Crippen molar-refractivity contribution in [1.29, 1.82) is 0 Å². The highest BCUT2D eigenvalue weighted by atomic mass is 79.9. The molecule has 1 aliphatic heterocycles. The molecule has 0 spiro atoms. The Morgan fingerprint density at radius 1 is 1.24 bits per heavy atom. The van der Waals surface area contributed by atoms with Crippen LogP contribution in [0.25, 0.3) is 0 Å². The molecule has 6 heteroatoms. The number of rotatable bonds is 5. The van der Waals surface area contributed by atoms with Crippen molar-refractivity contribution in [2.45, 2.75) is 19.5 Å². The molecule has 1 heterocycles. The first kappa shape index (κ1) is 17.6. The van der Waals surface area contributed by atoms with Crippen LogP contribution in [0.5, 0.6) is 0 Å². The van der Waals surface area contributed by atoms with Crippen LogP contribution in [0.1, 0.15) is 17.5 Å². The fourth-order valence-electron chi connectivity index (χ4n) is 2.92. The zero-order chi connectivity index (χ0) is 17.8. The van der Waals surface area contributed by atoms with E-state index in [9.17, 15) is 14.0 Å². The Morgan fingerprint density at radius 3 is 2.80 bits per heavy atom. The van der Waals surface area contributed by atoms with E-state index < -0.39 is 5.92 Å². The molecule has 0 aromatic heterocycles. The molecule has 0 bridgehead atoms. The van der Waals surface area contributed by atoms with Gasteiger partial charge in [0.2, 0.25) is 11.8 Å².